The van der Waals surface area contributed by atoms with Gasteiger partial charge in [-0.15, -0.1) is 6.42 Å². The van der Waals surface area contributed by atoms with Crippen molar-refractivity contribution in [3.63, 3.8) is 0 Å². The van der Waals surface area contributed by atoms with Crippen molar-refractivity contribution in [2.45, 2.75) is 70.0 Å². The van der Waals surface area contributed by atoms with Gasteiger partial charge in [0.15, 0.2) is 17.7 Å². The van der Waals surface area contributed by atoms with Gasteiger partial charge in [-0.25, -0.2) is 4.79 Å². The molecule has 3 aliphatic heterocycles. The van der Waals surface area contributed by atoms with E-state index in [4.69, 9.17) is 34.8 Å². The van der Waals surface area contributed by atoms with Crippen molar-refractivity contribution in [3.8, 4) is 12.3 Å². The normalized spacial score (nSPS) is 34.9. The summed E-state index contributed by atoms with van der Waals surface area (Å²) in [5, 5.41) is 0. The highest BCUT2D eigenvalue weighted by Crippen LogP contribution is 2.49. The molecule has 4 atom stereocenters. The van der Waals surface area contributed by atoms with Crippen molar-refractivity contribution >= 4 is 5.97 Å². The lowest BCUT2D eigenvalue weighted by molar-refractivity contribution is -0.326. The molecule has 0 saturated carbocycles. The van der Waals surface area contributed by atoms with Crippen LogP contribution in [0.5, 0.6) is 0 Å². The number of hydrogen-bond acceptors (Lipinski definition) is 7. The molecule has 3 fully saturated rings. The maximum Gasteiger partial charge on any atom is 0.370 e. The first kappa shape index (κ1) is 19.4. The van der Waals surface area contributed by atoms with Crippen LogP contribution in [0.2, 0.25) is 0 Å². The van der Waals surface area contributed by atoms with Gasteiger partial charge in [-0.2, -0.15) is 0 Å². The Balaban J connectivity index is 1.53. The van der Waals surface area contributed by atoms with Crippen molar-refractivity contribution in [3.05, 3.63) is 35.4 Å². The Kier molecular flexibility index (Phi) is 4.53. The van der Waals surface area contributed by atoms with Crippen molar-refractivity contribution in [1.82, 2.24) is 0 Å². The first-order valence-electron chi connectivity index (χ1n) is 9.24. The van der Waals surface area contributed by atoms with Crippen molar-refractivity contribution in [2.24, 2.45) is 0 Å². The summed E-state index contributed by atoms with van der Waals surface area (Å²) in [4.78, 5) is 13.1. The largest absolute Gasteiger partial charge is 0.457 e. The third-order valence-corrected chi connectivity index (χ3v) is 4.96. The van der Waals surface area contributed by atoms with Crippen LogP contribution in [0.15, 0.2) is 24.3 Å². The van der Waals surface area contributed by atoms with Gasteiger partial charge >= 0.3 is 11.8 Å². The molecule has 28 heavy (non-hydrogen) atoms. The van der Waals surface area contributed by atoms with E-state index in [0.29, 0.717) is 0 Å². The van der Waals surface area contributed by atoms with Gasteiger partial charge in [0.2, 0.25) is 0 Å². The Labute approximate surface area is 164 Å². The first-order chi connectivity index (χ1) is 13.1. The minimum absolute atomic E-state index is 0.0590. The number of rotatable bonds is 3. The fourth-order valence-electron chi connectivity index (χ4n) is 3.76. The summed E-state index contributed by atoms with van der Waals surface area (Å²) in [5.41, 5.74) is 1.56. The minimum atomic E-state index is -1.69. The number of esters is 1. The maximum atomic E-state index is 13.1. The molecule has 3 saturated heterocycles. The molecule has 1 aromatic rings. The van der Waals surface area contributed by atoms with Crippen molar-refractivity contribution in [1.29, 1.82) is 0 Å². The molecule has 0 aromatic heterocycles. The minimum Gasteiger partial charge on any atom is -0.457 e. The van der Waals surface area contributed by atoms with Gasteiger partial charge in [0, 0.05) is 5.56 Å². The van der Waals surface area contributed by atoms with Crippen LogP contribution in [-0.2, 0) is 39.8 Å². The zero-order valence-corrected chi connectivity index (χ0v) is 16.4. The van der Waals surface area contributed by atoms with E-state index in [9.17, 15) is 4.79 Å². The average Bonchev–Trinajstić information content (AvgIpc) is 3.07. The van der Waals surface area contributed by atoms with Crippen LogP contribution >= 0.6 is 0 Å². The van der Waals surface area contributed by atoms with E-state index in [2.05, 4.69) is 5.92 Å². The molecule has 0 amide bonds. The number of terminal acetylenes is 1. The highest BCUT2D eigenvalue weighted by atomic mass is 16.9. The topological polar surface area (TPSA) is 72.5 Å². The van der Waals surface area contributed by atoms with Gasteiger partial charge < -0.3 is 28.4 Å². The highest BCUT2D eigenvalue weighted by Gasteiger charge is 2.71. The van der Waals surface area contributed by atoms with Gasteiger partial charge in [0.05, 0.1) is 6.61 Å². The molecule has 0 bridgehead atoms. The van der Waals surface area contributed by atoms with E-state index in [-0.39, 0.29) is 13.2 Å². The number of ether oxygens (including phenoxy) is 6. The van der Waals surface area contributed by atoms with Gasteiger partial charge in [-0.3, -0.25) is 0 Å². The Morgan fingerprint density at radius 3 is 2.54 bits per heavy atom. The quantitative estimate of drug-likeness (QED) is 0.580. The molecule has 0 spiro atoms. The molecule has 3 aliphatic rings. The lowest BCUT2D eigenvalue weighted by Crippen LogP contribution is -2.52. The van der Waals surface area contributed by atoms with E-state index >= 15 is 0 Å². The molecule has 0 N–H and O–H groups in total. The third-order valence-electron chi connectivity index (χ3n) is 4.96. The summed E-state index contributed by atoms with van der Waals surface area (Å²) in [6.45, 7) is 7.39. The Morgan fingerprint density at radius 2 is 1.86 bits per heavy atom. The number of carbonyl (C=O) groups excluding carboxylic acids is 1. The number of carbonyl (C=O) groups is 1. The SMILES string of the molecule is C#Cc1ccc(COC(=O)[C@@]23O[C@H]4COC(C)(C)O[C@H]4[C@@H]2OC(C)(C)O3)cc1. The molecule has 1 aromatic carbocycles. The lowest BCUT2D eigenvalue weighted by Gasteiger charge is -2.38. The van der Waals surface area contributed by atoms with Gasteiger partial charge in [-0.1, -0.05) is 18.1 Å². The number of fused-ring (bicyclic) bond motifs is 3. The van der Waals surface area contributed by atoms with E-state index in [1.165, 1.54) is 0 Å². The Morgan fingerprint density at radius 1 is 1.14 bits per heavy atom. The third kappa shape index (κ3) is 3.32. The second-order valence-corrected chi connectivity index (χ2v) is 8.07. The second-order valence-electron chi connectivity index (χ2n) is 8.07. The summed E-state index contributed by atoms with van der Waals surface area (Å²) in [6, 6.07) is 7.19. The predicted octanol–water partition coefficient (Wildman–Crippen LogP) is 2.11. The summed E-state index contributed by atoms with van der Waals surface area (Å²) < 4.78 is 35.1. The molecule has 0 unspecified atom stereocenters. The zero-order chi connectivity index (χ0) is 20.2. The van der Waals surface area contributed by atoms with Crippen LogP contribution in [-0.4, -0.2) is 48.2 Å². The van der Waals surface area contributed by atoms with Crippen LogP contribution in [0.3, 0.4) is 0 Å². The standard InChI is InChI=1S/C21H24O7/c1-6-13-7-9-14(10-8-13)11-23-18(22)21-17(27-20(4,5)28-21)16-15(25-21)12-24-19(2,3)26-16/h1,7-10,15-17H,11-12H2,2-5H3/t15-,16+,17-,21+/m0/s1. The molecule has 3 heterocycles. The fourth-order valence-corrected chi connectivity index (χ4v) is 3.76. The van der Waals surface area contributed by atoms with Crippen LogP contribution in [0, 0.1) is 12.3 Å². The van der Waals surface area contributed by atoms with Crippen LogP contribution in [0.1, 0.15) is 38.8 Å². The van der Waals surface area contributed by atoms with Crippen LogP contribution in [0.4, 0.5) is 0 Å². The van der Waals surface area contributed by atoms with E-state index in [1.807, 2.05) is 26.0 Å². The molecule has 4 rings (SSSR count). The number of hydrogen-bond donors (Lipinski definition) is 0. The van der Waals surface area contributed by atoms with Crippen LogP contribution < -0.4 is 0 Å². The summed E-state index contributed by atoms with van der Waals surface area (Å²) >= 11 is 0. The van der Waals surface area contributed by atoms with Crippen LogP contribution in [0.25, 0.3) is 0 Å². The van der Waals surface area contributed by atoms with E-state index in [0.717, 1.165) is 11.1 Å². The summed E-state index contributed by atoms with van der Waals surface area (Å²) in [6.07, 6.45) is 3.61. The summed E-state index contributed by atoms with van der Waals surface area (Å²) in [5.74, 6) is -1.62. The Bertz CT molecular complexity index is 807. The van der Waals surface area contributed by atoms with Gasteiger partial charge in [0.25, 0.3) is 0 Å². The summed E-state index contributed by atoms with van der Waals surface area (Å²) in [7, 11) is 0. The number of benzene rings is 1. The van der Waals surface area contributed by atoms with Crippen molar-refractivity contribution in [2.75, 3.05) is 6.61 Å². The molecule has 0 radical (unpaired) electrons. The first-order valence-corrected chi connectivity index (χ1v) is 9.24. The smallest absolute Gasteiger partial charge is 0.370 e. The Hall–Kier alpha value is -1.95. The maximum absolute atomic E-state index is 13.1. The average molecular weight is 388 g/mol. The van der Waals surface area contributed by atoms with Gasteiger partial charge in [-0.05, 0) is 45.4 Å². The van der Waals surface area contributed by atoms with E-state index in [1.54, 1.807) is 26.0 Å². The molecule has 150 valence electrons. The lowest BCUT2D eigenvalue weighted by atomic mass is 10.0. The molecule has 0 aliphatic carbocycles. The highest BCUT2D eigenvalue weighted by molar-refractivity contribution is 5.80. The molecule has 7 heteroatoms. The van der Waals surface area contributed by atoms with Gasteiger partial charge in [0.1, 0.15) is 18.8 Å². The monoisotopic (exact) mass is 388 g/mol. The molecular weight excluding hydrogens is 364 g/mol. The zero-order valence-electron chi connectivity index (χ0n) is 16.4. The second kappa shape index (κ2) is 6.55. The molecular formula is C21H24O7. The van der Waals surface area contributed by atoms with Crippen molar-refractivity contribution < 1.29 is 33.2 Å². The van der Waals surface area contributed by atoms with E-state index < -0.39 is 41.6 Å². The molecule has 7 nitrogen and oxygen atoms in total. The predicted molar refractivity (Wildman–Crippen MR) is 96.7 cm³/mol. The fraction of sp³-hybridized carbons (Fsp3) is 0.571.